The van der Waals surface area contributed by atoms with Gasteiger partial charge in [0.1, 0.15) is 5.82 Å². The molecule has 13 heavy (non-hydrogen) atoms. The Balaban J connectivity index is 2.99. The minimum Gasteiger partial charge on any atom is -0.294 e. The fourth-order valence-corrected chi connectivity index (χ4v) is 1.46. The van der Waals surface area contributed by atoms with E-state index in [1.807, 2.05) is 0 Å². The second-order valence-electron chi connectivity index (χ2n) is 2.49. The predicted molar refractivity (Wildman–Crippen MR) is 54.2 cm³/mol. The van der Waals surface area contributed by atoms with E-state index in [0.29, 0.717) is 10.4 Å². The Bertz CT molecular complexity index is 327. The molecular formula is C9H7BrClFO. The number of Topliss-reactive ketones (excluding diaryl/α,β-unsaturated/α-hetero) is 1. The summed E-state index contributed by atoms with van der Waals surface area (Å²) in [5.74, 6) is -0.757. The van der Waals surface area contributed by atoms with Crippen molar-refractivity contribution >= 4 is 33.3 Å². The fourth-order valence-electron chi connectivity index (χ4n) is 0.932. The van der Waals surface area contributed by atoms with Gasteiger partial charge in [-0.15, -0.1) is 0 Å². The summed E-state index contributed by atoms with van der Waals surface area (Å²) in [6, 6.07) is 3.97. The lowest BCUT2D eigenvalue weighted by atomic mass is 10.1. The summed E-state index contributed by atoms with van der Waals surface area (Å²) >= 11 is 8.74. The first-order chi connectivity index (χ1) is 6.15. The maximum absolute atomic E-state index is 13.0. The number of alkyl halides is 1. The van der Waals surface area contributed by atoms with Crippen LogP contribution >= 0.6 is 27.5 Å². The van der Waals surface area contributed by atoms with Gasteiger partial charge in [0.15, 0.2) is 5.78 Å². The lowest BCUT2D eigenvalue weighted by molar-refractivity contribution is 0.0986. The summed E-state index contributed by atoms with van der Waals surface area (Å²) in [5, 5.41) is 0.900. The van der Waals surface area contributed by atoms with Crippen molar-refractivity contribution in [1.29, 1.82) is 0 Å². The van der Waals surface area contributed by atoms with Gasteiger partial charge in [-0.2, -0.15) is 0 Å². The van der Waals surface area contributed by atoms with E-state index in [4.69, 9.17) is 11.6 Å². The summed E-state index contributed by atoms with van der Waals surface area (Å²) in [7, 11) is 0. The van der Waals surface area contributed by atoms with Crippen molar-refractivity contribution in [3.63, 3.8) is 0 Å². The van der Waals surface area contributed by atoms with Crippen LogP contribution < -0.4 is 0 Å². The van der Waals surface area contributed by atoms with E-state index >= 15 is 0 Å². The minimum atomic E-state index is -0.518. The molecule has 0 N–H and O–H groups in total. The molecular weight excluding hydrogens is 258 g/mol. The molecule has 0 fully saturated rings. The van der Waals surface area contributed by atoms with Crippen molar-refractivity contribution in [2.75, 3.05) is 5.33 Å². The van der Waals surface area contributed by atoms with E-state index in [1.165, 1.54) is 18.2 Å². The zero-order chi connectivity index (χ0) is 9.84. The quantitative estimate of drug-likeness (QED) is 0.604. The molecule has 0 bridgehead atoms. The number of hydrogen-bond acceptors (Lipinski definition) is 1. The Morgan fingerprint density at radius 1 is 1.54 bits per heavy atom. The summed E-state index contributed by atoms with van der Waals surface area (Å²) in [5.41, 5.74) is 0.0620. The second-order valence-corrected chi connectivity index (χ2v) is 3.72. The Labute approximate surface area is 89.0 Å². The van der Waals surface area contributed by atoms with Crippen molar-refractivity contribution in [2.24, 2.45) is 0 Å². The van der Waals surface area contributed by atoms with Crippen molar-refractivity contribution in [3.8, 4) is 0 Å². The third-order valence-corrected chi connectivity index (χ3v) is 2.18. The van der Waals surface area contributed by atoms with Crippen LogP contribution in [0.25, 0.3) is 0 Å². The number of rotatable bonds is 3. The molecule has 0 saturated heterocycles. The molecule has 0 aliphatic carbocycles. The van der Waals surface area contributed by atoms with E-state index in [-0.39, 0.29) is 17.8 Å². The van der Waals surface area contributed by atoms with Crippen LogP contribution in [-0.2, 0) is 0 Å². The van der Waals surface area contributed by atoms with Crippen molar-refractivity contribution in [2.45, 2.75) is 6.42 Å². The molecule has 0 radical (unpaired) electrons. The van der Waals surface area contributed by atoms with E-state index < -0.39 is 5.82 Å². The monoisotopic (exact) mass is 264 g/mol. The molecule has 4 heteroatoms. The Hall–Kier alpha value is -0.410. The van der Waals surface area contributed by atoms with Crippen LogP contribution in [0, 0.1) is 5.82 Å². The highest BCUT2D eigenvalue weighted by molar-refractivity contribution is 9.09. The minimum absolute atomic E-state index is 0.0620. The standard InChI is InChI=1S/C9H7BrClFO/c10-4-3-9(13)7-5-6(11)1-2-8(7)12/h1-2,5H,3-4H2. The van der Waals surface area contributed by atoms with Crippen molar-refractivity contribution in [1.82, 2.24) is 0 Å². The van der Waals surface area contributed by atoms with Crippen molar-refractivity contribution in [3.05, 3.63) is 34.6 Å². The van der Waals surface area contributed by atoms with Gasteiger partial charge in [0.25, 0.3) is 0 Å². The molecule has 1 aromatic carbocycles. The van der Waals surface area contributed by atoms with Crippen LogP contribution in [0.3, 0.4) is 0 Å². The smallest absolute Gasteiger partial charge is 0.166 e. The number of carbonyl (C=O) groups is 1. The lowest BCUT2D eigenvalue weighted by Crippen LogP contribution is -2.02. The van der Waals surface area contributed by atoms with E-state index in [9.17, 15) is 9.18 Å². The highest BCUT2D eigenvalue weighted by Crippen LogP contribution is 2.16. The molecule has 0 saturated carbocycles. The Morgan fingerprint density at radius 3 is 2.85 bits per heavy atom. The van der Waals surface area contributed by atoms with Gasteiger partial charge in [0.05, 0.1) is 5.56 Å². The van der Waals surface area contributed by atoms with Crippen LogP contribution in [0.5, 0.6) is 0 Å². The Morgan fingerprint density at radius 2 is 2.23 bits per heavy atom. The van der Waals surface area contributed by atoms with Gasteiger partial charge < -0.3 is 0 Å². The predicted octanol–water partition coefficient (Wildman–Crippen LogP) is 3.45. The van der Waals surface area contributed by atoms with Gasteiger partial charge in [-0.1, -0.05) is 27.5 Å². The van der Waals surface area contributed by atoms with Gasteiger partial charge >= 0.3 is 0 Å². The summed E-state index contributed by atoms with van der Waals surface area (Å²) in [6.45, 7) is 0. The molecule has 0 atom stereocenters. The molecule has 0 amide bonds. The zero-order valence-corrected chi connectivity index (χ0v) is 9.03. The first kappa shape index (κ1) is 10.7. The molecule has 1 aromatic rings. The third-order valence-electron chi connectivity index (χ3n) is 1.55. The molecule has 1 nitrogen and oxygen atoms in total. The molecule has 0 aliphatic rings. The number of carbonyl (C=O) groups excluding carboxylic acids is 1. The van der Waals surface area contributed by atoms with Gasteiger partial charge in [0, 0.05) is 16.8 Å². The van der Waals surface area contributed by atoms with Crippen LogP contribution in [-0.4, -0.2) is 11.1 Å². The number of hydrogen-bond donors (Lipinski definition) is 0. The molecule has 1 rings (SSSR count). The molecule has 0 aliphatic heterocycles. The second kappa shape index (κ2) is 4.72. The Kier molecular flexibility index (Phi) is 3.88. The first-order valence-electron chi connectivity index (χ1n) is 3.69. The number of ketones is 1. The number of benzene rings is 1. The molecule has 0 spiro atoms. The lowest BCUT2D eigenvalue weighted by Gasteiger charge is -2.00. The molecule has 0 aromatic heterocycles. The van der Waals surface area contributed by atoms with Gasteiger partial charge in [-0.3, -0.25) is 4.79 Å². The van der Waals surface area contributed by atoms with Crippen molar-refractivity contribution < 1.29 is 9.18 Å². The number of halogens is 3. The molecule has 0 heterocycles. The topological polar surface area (TPSA) is 17.1 Å². The van der Waals surface area contributed by atoms with Gasteiger partial charge in [0.2, 0.25) is 0 Å². The highest BCUT2D eigenvalue weighted by Gasteiger charge is 2.10. The van der Waals surface area contributed by atoms with E-state index in [1.54, 1.807) is 0 Å². The largest absolute Gasteiger partial charge is 0.294 e. The SMILES string of the molecule is O=C(CCBr)c1cc(Cl)ccc1F. The maximum atomic E-state index is 13.0. The van der Waals surface area contributed by atoms with Crippen LogP contribution in [0.1, 0.15) is 16.8 Å². The molecule has 70 valence electrons. The summed E-state index contributed by atoms with van der Waals surface area (Å²) in [4.78, 5) is 11.3. The molecule has 0 unspecified atom stereocenters. The maximum Gasteiger partial charge on any atom is 0.166 e. The zero-order valence-electron chi connectivity index (χ0n) is 6.69. The van der Waals surface area contributed by atoms with Gasteiger partial charge in [-0.25, -0.2) is 4.39 Å². The first-order valence-corrected chi connectivity index (χ1v) is 5.19. The van der Waals surface area contributed by atoms with Crippen LogP contribution in [0.2, 0.25) is 5.02 Å². The van der Waals surface area contributed by atoms with Crippen LogP contribution in [0.15, 0.2) is 18.2 Å². The van der Waals surface area contributed by atoms with Gasteiger partial charge in [-0.05, 0) is 18.2 Å². The third kappa shape index (κ3) is 2.78. The fraction of sp³-hybridized carbons (Fsp3) is 0.222. The average Bonchev–Trinajstić information content (AvgIpc) is 2.09. The highest BCUT2D eigenvalue weighted by atomic mass is 79.9. The summed E-state index contributed by atoms with van der Waals surface area (Å²) < 4.78 is 13.0. The van der Waals surface area contributed by atoms with E-state index in [0.717, 1.165) is 0 Å². The average molecular weight is 266 g/mol. The summed E-state index contributed by atoms with van der Waals surface area (Å²) in [6.07, 6.45) is 0.275. The normalized spacial score (nSPS) is 10.1. The van der Waals surface area contributed by atoms with Crippen LogP contribution in [0.4, 0.5) is 4.39 Å². The van der Waals surface area contributed by atoms with E-state index in [2.05, 4.69) is 15.9 Å².